The van der Waals surface area contributed by atoms with E-state index in [9.17, 15) is 8.42 Å². The molecule has 2 saturated heterocycles. The molecule has 0 aromatic heterocycles. The third-order valence-electron chi connectivity index (χ3n) is 4.59. The Morgan fingerprint density at radius 2 is 1.82 bits per heavy atom. The second kappa shape index (κ2) is 7.57. The molecular weight excluding hydrogens is 302 g/mol. The van der Waals surface area contributed by atoms with E-state index in [1.807, 2.05) is 0 Å². The Bertz CT molecular complexity index is 447. The summed E-state index contributed by atoms with van der Waals surface area (Å²) >= 11 is 0. The number of morpholine rings is 1. The third-order valence-corrected chi connectivity index (χ3v) is 6.13. The zero-order valence-electron chi connectivity index (χ0n) is 14.3. The lowest BCUT2D eigenvalue weighted by atomic mass is 10.0. The zero-order valence-corrected chi connectivity index (χ0v) is 15.1. The number of piperidine rings is 1. The van der Waals surface area contributed by atoms with Gasteiger partial charge < -0.3 is 4.74 Å². The summed E-state index contributed by atoms with van der Waals surface area (Å²) in [5.41, 5.74) is 0. The first-order valence-corrected chi connectivity index (χ1v) is 9.86. The van der Waals surface area contributed by atoms with E-state index in [1.54, 1.807) is 4.31 Å². The molecule has 0 amide bonds. The smallest absolute Gasteiger partial charge is 0.279 e. The fourth-order valence-corrected chi connectivity index (χ4v) is 4.84. The number of hydrogen-bond acceptors (Lipinski definition) is 4. The van der Waals surface area contributed by atoms with Gasteiger partial charge in [-0.25, -0.2) is 4.72 Å². The van der Waals surface area contributed by atoms with Crippen LogP contribution in [0.1, 0.15) is 40.5 Å². The van der Waals surface area contributed by atoms with Crippen molar-refractivity contribution < 1.29 is 13.2 Å². The predicted molar refractivity (Wildman–Crippen MR) is 87.9 cm³/mol. The Kier molecular flexibility index (Phi) is 6.24. The van der Waals surface area contributed by atoms with Gasteiger partial charge in [0, 0.05) is 38.8 Å². The van der Waals surface area contributed by atoms with Crippen molar-refractivity contribution >= 4 is 10.2 Å². The molecule has 0 aromatic carbocycles. The number of ether oxygens (including phenoxy) is 1. The molecule has 2 heterocycles. The molecule has 0 saturated carbocycles. The van der Waals surface area contributed by atoms with E-state index in [1.165, 1.54) is 0 Å². The van der Waals surface area contributed by atoms with Crippen molar-refractivity contribution in [3.05, 3.63) is 0 Å². The van der Waals surface area contributed by atoms with Crippen LogP contribution < -0.4 is 4.72 Å². The molecule has 6 nitrogen and oxygen atoms in total. The second-order valence-corrected chi connectivity index (χ2v) is 8.77. The maximum Gasteiger partial charge on any atom is 0.279 e. The molecule has 2 fully saturated rings. The lowest BCUT2D eigenvalue weighted by Gasteiger charge is -2.39. The van der Waals surface area contributed by atoms with E-state index < -0.39 is 10.2 Å². The molecule has 22 heavy (non-hydrogen) atoms. The number of rotatable bonds is 5. The van der Waals surface area contributed by atoms with E-state index in [2.05, 4.69) is 37.3 Å². The van der Waals surface area contributed by atoms with Crippen molar-refractivity contribution in [3.8, 4) is 0 Å². The highest BCUT2D eigenvalue weighted by Crippen LogP contribution is 2.18. The Hall–Kier alpha value is -0.210. The van der Waals surface area contributed by atoms with Crippen LogP contribution in [0, 0.1) is 5.92 Å². The summed E-state index contributed by atoms with van der Waals surface area (Å²) in [7, 11) is -3.35. The van der Waals surface area contributed by atoms with Gasteiger partial charge in [0.1, 0.15) is 0 Å². The number of nitrogens with one attached hydrogen (secondary N) is 1. The molecule has 2 rings (SSSR count). The Balaban J connectivity index is 1.85. The van der Waals surface area contributed by atoms with Gasteiger partial charge in [-0.3, -0.25) is 4.90 Å². The third kappa shape index (κ3) is 4.89. The van der Waals surface area contributed by atoms with Crippen LogP contribution in [-0.4, -0.2) is 68.6 Å². The molecule has 0 aliphatic carbocycles. The van der Waals surface area contributed by atoms with Gasteiger partial charge in [0.2, 0.25) is 0 Å². The average molecular weight is 333 g/mol. The zero-order chi connectivity index (χ0) is 16.3. The summed E-state index contributed by atoms with van der Waals surface area (Å²) in [6.45, 7) is 11.7. The predicted octanol–water partition coefficient (Wildman–Crippen LogP) is 1.05. The van der Waals surface area contributed by atoms with Gasteiger partial charge >= 0.3 is 0 Å². The summed E-state index contributed by atoms with van der Waals surface area (Å²) in [4.78, 5) is 2.31. The first kappa shape index (κ1) is 18.1. The van der Waals surface area contributed by atoms with Gasteiger partial charge in [-0.15, -0.1) is 0 Å². The van der Waals surface area contributed by atoms with E-state index in [0.29, 0.717) is 25.6 Å². The summed E-state index contributed by atoms with van der Waals surface area (Å²) in [6.07, 6.45) is 2.47. The quantitative estimate of drug-likeness (QED) is 0.817. The molecule has 2 aliphatic rings. The highest BCUT2D eigenvalue weighted by Gasteiger charge is 2.29. The minimum atomic E-state index is -3.35. The van der Waals surface area contributed by atoms with Crippen LogP contribution >= 0.6 is 0 Å². The largest absolute Gasteiger partial charge is 0.373 e. The van der Waals surface area contributed by atoms with Crippen molar-refractivity contribution in [1.82, 2.24) is 13.9 Å². The molecule has 7 heteroatoms. The molecule has 0 spiro atoms. The van der Waals surface area contributed by atoms with Crippen LogP contribution in [0.4, 0.5) is 0 Å². The van der Waals surface area contributed by atoms with Gasteiger partial charge in [0.15, 0.2) is 0 Å². The maximum absolute atomic E-state index is 12.4. The highest BCUT2D eigenvalue weighted by molar-refractivity contribution is 7.87. The van der Waals surface area contributed by atoms with E-state index in [-0.39, 0.29) is 18.2 Å². The van der Waals surface area contributed by atoms with E-state index in [4.69, 9.17) is 4.74 Å². The summed E-state index contributed by atoms with van der Waals surface area (Å²) in [6, 6.07) is 0.172. The van der Waals surface area contributed by atoms with Crippen molar-refractivity contribution in [3.63, 3.8) is 0 Å². The molecule has 2 aliphatic heterocycles. The summed E-state index contributed by atoms with van der Waals surface area (Å²) in [5.74, 6) is 0.448. The Labute approximate surface area is 135 Å². The lowest BCUT2D eigenvalue weighted by Crippen LogP contribution is -2.54. The fraction of sp³-hybridized carbons (Fsp3) is 1.00. The average Bonchev–Trinajstić information content (AvgIpc) is 2.44. The van der Waals surface area contributed by atoms with Crippen LogP contribution in [0.15, 0.2) is 0 Å². The standard InChI is InChI=1S/C15H31N3O3S/c1-12-6-5-7-18(9-12)22(19,20)16-8-13(2)17-10-14(3)21-15(4)11-17/h12-16H,5-11H2,1-4H3/t12-,13+,14-,15-/m1/s1. The second-order valence-electron chi connectivity index (χ2n) is 7.02. The SMILES string of the molecule is C[C@@H]1CCCN(S(=O)(=O)NC[C@H](C)N2C[C@@H](C)O[C@H](C)C2)C1. The molecular formula is C15H31N3O3S. The topological polar surface area (TPSA) is 61.9 Å². The van der Waals surface area contributed by atoms with Crippen molar-refractivity contribution in [1.29, 1.82) is 0 Å². The van der Waals surface area contributed by atoms with Gasteiger partial charge in [0.05, 0.1) is 12.2 Å². The molecule has 0 aromatic rings. The summed E-state index contributed by atoms with van der Waals surface area (Å²) in [5, 5.41) is 0. The van der Waals surface area contributed by atoms with Crippen LogP contribution in [0.25, 0.3) is 0 Å². The minimum Gasteiger partial charge on any atom is -0.373 e. The van der Waals surface area contributed by atoms with Crippen LogP contribution in [0.5, 0.6) is 0 Å². The fourth-order valence-electron chi connectivity index (χ4n) is 3.39. The molecule has 0 radical (unpaired) electrons. The Morgan fingerprint density at radius 1 is 1.18 bits per heavy atom. The van der Waals surface area contributed by atoms with Gasteiger partial charge in [-0.1, -0.05) is 6.92 Å². The lowest BCUT2D eigenvalue weighted by molar-refractivity contribution is -0.0776. The minimum absolute atomic E-state index is 0.172. The number of nitrogens with zero attached hydrogens (tertiary/aromatic N) is 2. The monoisotopic (exact) mass is 333 g/mol. The summed E-state index contributed by atoms with van der Waals surface area (Å²) < 4.78 is 35.0. The van der Waals surface area contributed by atoms with Gasteiger partial charge in [0.25, 0.3) is 10.2 Å². The molecule has 130 valence electrons. The van der Waals surface area contributed by atoms with E-state index in [0.717, 1.165) is 25.9 Å². The van der Waals surface area contributed by atoms with Gasteiger partial charge in [-0.2, -0.15) is 12.7 Å². The van der Waals surface area contributed by atoms with Crippen LogP contribution in [0.2, 0.25) is 0 Å². The first-order chi connectivity index (χ1) is 10.3. The molecule has 4 atom stereocenters. The molecule has 0 bridgehead atoms. The van der Waals surface area contributed by atoms with Crippen LogP contribution in [0.3, 0.4) is 0 Å². The van der Waals surface area contributed by atoms with Crippen molar-refractivity contribution in [2.45, 2.75) is 58.8 Å². The maximum atomic E-state index is 12.4. The van der Waals surface area contributed by atoms with Crippen molar-refractivity contribution in [2.24, 2.45) is 5.92 Å². The molecule has 1 N–H and O–H groups in total. The normalized spacial score (nSPS) is 33.7. The number of hydrogen-bond donors (Lipinski definition) is 1. The van der Waals surface area contributed by atoms with Crippen molar-refractivity contribution in [2.75, 3.05) is 32.7 Å². The van der Waals surface area contributed by atoms with E-state index >= 15 is 0 Å². The van der Waals surface area contributed by atoms with Gasteiger partial charge in [-0.05, 0) is 39.5 Å². The van der Waals surface area contributed by atoms with Crippen LogP contribution in [-0.2, 0) is 14.9 Å². The first-order valence-electron chi connectivity index (χ1n) is 8.42. The molecule has 0 unspecified atom stereocenters. The Morgan fingerprint density at radius 3 is 2.41 bits per heavy atom. The highest BCUT2D eigenvalue weighted by atomic mass is 32.2.